The number of carbonyl (C=O) groups is 1. The molecule has 3 nitrogen and oxygen atoms in total. The van der Waals surface area contributed by atoms with Gasteiger partial charge in [0.15, 0.2) is 0 Å². The topological polar surface area (TPSA) is 46.5 Å². The summed E-state index contributed by atoms with van der Waals surface area (Å²) in [5.41, 5.74) is 2.72. The SMILES string of the molecule is Cc1ccc(C)c(CC2(C(=O)O)CCCOC2)c1. The van der Waals surface area contributed by atoms with Gasteiger partial charge in [0, 0.05) is 6.61 Å². The molecule has 1 N–H and O–H groups in total. The predicted molar refractivity (Wildman–Crippen MR) is 69.7 cm³/mol. The molecule has 0 radical (unpaired) electrons. The number of rotatable bonds is 3. The molecular formula is C15H20O3. The largest absolute Gasteiger partial charge is 0.481 e. The van der Waals surface area contributed by atoms with Gasteiger partial charge in [0.05, 0.1) is 12.0 Å². The maximum Gasteiger partial charge on any atom is 0.312 e. The number of hydrogen-bond acceptors (Lipinski definition) is 2. The fourth-order valence-corrected chi connectivity index (χ4v) is 2.59. The van der Waals surface area contributed by atoms with Crippen LogP contribution in [0, 0.1) is 19.3 Å². The van der Waals surface area contributed by atoms with E-state index in [1.807, 2.05) is 13.8 Å². The Kier molecular flexibility index (Phi) is 3.71. The van der Waals surface area contributed by atoms with E-state index in [-0.39, 0.29) is 0 Å². The molecule has 0 bridgehead atoms. The van der Waals surface area contributed by atoms with Gasteiger partial charge in [-0.15, -0.1) is 0 Å². The van der Waals surface area contributed by atoms with Crippen molar-refractivity contribution in [2.45, 2.75) is 33.1 Å². The van der Waals surface area contributed by atoms with Gasteiger partial charge in [-0.2, -0.15) is 0 Å². The summed E-state index contributed by atoms with van der Waals surface area (Å²) in [7, 11) is 0. The molecule has 0 aliphatic carbocycles. The monoisotopic (exact) mass is 248 g/mol. The maximum atomic E-state index is 11.6. The maximum absolute atomic E-state index is 11.6. The van der Waals surface area contributed by atoms with Crippen LogP contribution in [0.15, 0.2) is 18.2 Å². The van der Waals surface area contributed by atoms with Crippen molar-refractivity contribution in [1.82, 2.24) is 0 Å². The van der Waals surface area contributed by atoms with E-state index in [1.54, 1.807) is 0 Å². The van der Waals surface area contributed by atoms with E-state index in [0.29, 0.717) is 26.1 Å². The van der Waals surface area contributed by atoms with Crippen LogP contribution in [0.1, 0.15) is 29.5 Å². The molecule has 1 saturated heterocycles. The summed E-state index contributed by atoms with van der Waals surface area (Å²) in [5, 5.41) is 9.53. The van der Waals surface area contributed by atoms with Gasteiger partial charge in [-0.05, 0) is 44.2 Å². The van der Waals surface area contributed by atoms with Crippen LogP contribution in [0.3, 0.4) is 0 Å². The Bertz CT molecular complexity index is 445. The minimum Gasteiger partial charge on any atom is -0.481 e. The fraction of sp³-hybridized carbons (Fsp3) is 0.533. The lowest BCUT2D eigenvalue weighted by Gasteiger charge is -2.33. The molecule has 1 aromatic rings. The van der Waals surface area contributed by atoms with Crippen molar-refractivity contribution in [3.8, 4) is 0 Å². The molecular weight excluding hydrogens is 228 g/mol. The van der Waals surface area contributed by atoms with E-state index in [0.717, 1.165) is 17.5 Å². The molecule has 98 valence electrons. The number of carboxylic acid groups (broad SMARTS) is 1. The van der Waals surface area contributed by atoms with Crippen molar-refractivity contribution in [2.24, 2.45) is 5.41 Å². The van der Waals surface area contributed by atoms with Crippen molar-refractivity contribution < 1.29 is 14.6 Å². The number of carboxylic acids is 1. The molecule has 0 saturated carbocycles. The highest BCUT2D eigenvalue weighted by atomic mass is 16.5. The van der Waals surface area contributed by atoms with Gasteiger partial charge in [0.2, 0.25) is 0 Å². The average Bonchev–Trinajstić information content (AvgIpc) is 2.35. The smallest absolute Gasteiger partial charge is 0.312 e. The molecule has 1 aromatic carbocycles. The Hall–Kier alpha value is -1.35. The number of aryl methyl sites for hydroxylation is 2. The molecule has 1 atom stereocenters. The van der Waals surface area contributed by atoms with Gasteiger partial charge in [-0.25, -0.2) is 0 Å². The number of ether oxygens (including phenoxy) is 1. The van der Waals surface area contributed by atoms with Crippen LogP contribution >= 0.6 is 0 Å². The summed E-state index contributed by atoms with van der Waals surface area (Å²) in [6.45, 7) is 5.08. The van der Waals surface area contributed by atoms with E-state index in [4.69, 9.17) is 4.74 Å². The zero-order valence-corrected chi connectivity index (χ0v) is 11.0. The second kappa shape index (κ2) is 5.11. The lowest BCUT2D eigenvalue weighted by Crippen LogP contribution is -2.41. The zero-order valence-electron chi connectivity index (χ0n) is 11.0. The lowest BCUT2D eigenvalue weighted by atomic mass is 9.76. The molecule has 1 aliphatic rings. The molecule has 0 aromatic heterocycles. The van der Waals surface area contributed by atoms with Gasteiger partial charge < -0.3 is 9.84 Å². The summed E-state index contributed by atoms with van der Waals surface area (Å²) in [6, 6.07) is 6.21. The van der Waals surface area contributed by atoms with Crippen LogP contribution in [0.2, 0.25) is 0 Å². The van der Waals surface area contributed by atoms with Gasteiger partial charge in [-0.1, -0.05) is 23.8 Å². The molecule has 2 rings (SSSR count). The van der Waals surface area contributed by atoms with E-state index < -0.39 is 11.4 Å². The molecule has 1 heterocycles. The van der Waals surface area contributed by atoms with Crippen LogP contribution in [0.4, 0.5) is 0 Å². The van der Waals surface area contributed by atoms with Crippen molar-refractivity contribution in [1.29, 1.82) is 0 Å². The second-order valence-corrected chi connectivity index (χ2v) is 5.35. The first-order chi connectivity index (χ1) is 8.53. The van der Waals surface area contributed by atoms with Gasteiger partial charge in [0.25, 0.3) is 0 Å². The zero-order chi connectivity index (χ0) is 13.2. The van der Waals surface area contributed by atoms with Gasteiger partial charge >= 0.3 is 5.97 Å². The fourth-order valence-electron chi connectivity index (χ4n) is 2.59. The molecule has 0 spiro atoms. The third-order valence-electron chi connectivity index (χ3n) is 3.81. The minimum absolute atomic E-state index is 0.329. The van der Waals surface area contributed by atoms with Crippen molar-refractivity contribution in [3.05, 3.63) is 34.9 Å². The molecule has 18 heavy (non-hydrogen) atoms. The summed E-state index contributed by atoms with van der Waals surface area (Å²) >= 11 is 0. The summed E-state index contributed by atoms with van der Waals surface area (Å²) in [5.74, 6) is -0.733. The van der Waals surface area contributed by atoms with Gasteiger partial charge in [0.1, 0.15) is 0 Å². The van der Waals surface area contributed by atoms with Crippen LogP contribution in [0.5, 0.6) is 0 Å². The van der Waals surface area contributed by atoms with Crippen LogP contribution in [-0.4, -0.2) is 24.3 Å². The third-order valence-corrected chi connectivity index (χ3v) is 3.81. The van der Waals surface area contributed by atoms with E-state index in [9.17, 15) is 9.90 Å². The quantitative estimate of drug-likeness (QED) is 0.894. The first-order valence-corrected chi connectivity index (χ1v) is 6.41. The highest BCUT2D eigenvalue weighted by Gasteiger charge is 2.40. The normalized spacial score (nSPS) is 23.9. The number of aliphatic carboxylic acids is 1. The van der Waals surface area contributed by atoms with E-state index >= 15 is 0 Å². The Labute approximate surface area is 108 Å². The lowest BCUT2D eigenvalue weighted by molar-refractivity contribution is -0.157. The third kappa shape index (κ3) is 2.56. The predicted octanol–water partition coefficient (Wildman–Crippen LogP) is 2.73. The number of hydrogen-bond donors (Lipinski definition) is 1. The van der Waals surface area contributed by atoms with E-state index in [1.165, 1.54) is 5.56 Å². The summed E-state index contributed by atoms with van der Waals surface area (Å²) in [4.78, 5) is 11.6. The van der Waals surface area contributed by atoms with Crippen molar-refractivity contribution in [2.75, 3.05) is 13.2 Å². The highest BCUT2D eigenvalue weighted by Crippen LogP contribution is 2.34. The second-order valence-electron chi connectivity index (χ2n) is 5.35. The summed E-state index contributed by atoms with van der Waals surface area (Å²) in [6.07, 6.45) is 2.10. The van der Waals surface area contributed by atoms with Crippen LogP contribution in [-0.2, 0) is 16.0 Å². The van der Waals surface area contributed by atoms with Crippen LogP contribution < -0.4 is 0 Å². The van der Waals surface area contributed by atoms with Crippen LogP contribution in [0.25, 0.3) is 0 Å². The standard InChI is InChI=1S/C15H20O3/c1-11-4-5-12(2)13(8-11)9-15(14(16)17)6-3-7-18-10-15/h4-5,8H,3,6-7,9-10H2,1-2H3,(H,16,17). The van der Waals surface area contributed by atoms with Crippen molar-refractivity contribution >= 4 is 5.97 Å². The van der Waals surface area contributed by atoms with E-state index in [2.05, 4.69) is 18.2 Å². The molecule has 3 heteroatoms. The Balaban J connectivity index is 2.28. The minimum atomic E-state index is -0.739. The highest BCUT2D eigenvalue weighted by molar-refractivity contribution is 5.75. The summed E-state index contributed by atoms with van der Waals surface area (Å²) < 4.78 is 5.41. The van der Waals surface area contributed by atoms with Gasteiger partial charge in [-0.3, -0.25) is 4.79 Å². The molecule has 1 fully saturated rings. The first-order valence-electron chi connectivity index (χ1n) is 6.41. The average molecular weight is 248 g/mol. The van der Waals surface area contributed by atoms with Crippen molar-refractivity contribution in [3.63, 3.8) is 0 Å². The Morgan fingerprint density at radius 2 is 2.22 bits per heavy atom. The Morgan fingerprint density at radius 1 is 1.44 bits per heavy atom. The first kappa shape index (κ1) is 13.1. The Morgan fingerprint density at radius 3 is 2.83 bits per heavy atom. The molecule has 1 aliphatic heterocycles. The molecule has 1 unspecified atom stereocenters. The molecule has 0 amide bonds. The number of benzene rings is 1.